The highest BCUT2D eigenvalue weighted by molar-refractivity contribution is 4.84. The van der Waals surface area contributed by atoms with Crippen LogP contribution in [0.4, 0.5) is 0 Å². The first-order valence-electron chi connectivity index (χ1n) is 15.4. The quantitative estimate of drug-likeness (QED) is 0.101. The Kier molecular flexibility index (Phi) is 21.1. The van der Waals surface area contributed by atoms with Gasteiger partial charge in [-0.2, -0.15) is 0 Å². The molecule has 0 fully saturated rings. The van der Waals surface area contributed by atoms with Gasteiger partial charge in [-0.05, 0) is 32.1 Å². The highest BCUT2D eigenvalue weighted by atomic mass is 15.1. The van der Waals surface area contributed by atoms with Gasteiger partial charge in [0, 0.05) is 6.42 Å². The van der Waals surface area contributed by atoms with Gasteiger partial charge in [-0.3, -0.25) is 0 Å². The number of nitrogens with zero attached hydrogens (tertiary/aromatic N) is 2. The van der Waals surface area contributed by atoms with Crippen molar-refractivity contribution < 1.29 is 4.57 Å². The number of unbranched alkanes of at least 4 members (excludes halogenated alkanes) is 19. The molecule has 0 aliphatic rings. The number of imidazole rings is 1. The van der Waals surface area contributed by atoms with E-state index in [0.29, 0.717) is 0 Å². The van der Waals surface area contributed by atoms with Crippen molar-refractivity contribution in [2.24, 2.45) is 0 Å². The summed E-state index contributed by atoms with van der Waals surface area (Å²) in [6, 6.07) is 0. The maximum absolute atomic E-state index is 2.59. The van der Waals surface area contributed by atoms with Crippen LogP contribution in [0, 0.1) is 0 Å². The second-order valence-electron chi connectivity index (χ2n) is 10.6. The van der Waals surface area contributed by atoms with E-state index in [1.54, 1.807) is 5.82 Å². The molecule has 0 aliphatic carbocycles. The van der Waals surface area contributed by atoms with Crippen molar-refractivity contribution >= 4 is 0 Å². The zero-order valence-electron chi connectivity index (χ0n) is 23.2. The topological polar surface area (TPSA) is 8.81 Å². The van der Waals surface area contributed by atoms with E-state index in [9.17, 15) is 0 Å². The van der Waals surface area contributed by atoms with Gasteiger partial charge in [0.2, 0.25) is 0 Å². The summed E-state index contributed by atoms with van der Waals surface area (Å²) in [6.07, 6.45) is 37.0. The summed E-state index contributed by atoms with van der Waals surface area (Å²) >= 11 is 0. The molecule has 0 spiro atoms. The average Bonchev–Trinajstić information content (AvgIpc) is 3.21. The average molecular weight is 462 g/mol. The first-order chi connectivity index (χ1) is 16.3. The number of rotatable bonds is 25. The van der Waals surface area contributed by atoms with Crippen LogP contribution in [-0.2, 0) is 19.5 Å². The van der Waals surface area contributed by atoms with Crippen LogP contribution in [0.2, 0.25) is 0 Å². The predicted octanol–water partition coefficient (Wildman–Crippen LogP) is 9.96. The van der Waals surface area contributed by atoms with Gasteiger partial charge < -0.3 is 0 Å². The van der Waals surface area contributed by atoms with E-state index >= 15 is 0 Å². The van der Waals surface area contributed by atoms with E-state index < -0.39 is 0 Å². The Hall–Kier alpha value is -0.790. The Morgan fingerprint density at radius 1 is 0.515 bits per heavy atom. The monoisotopic (exact) mass is 461 g/mol. The van der Waals surface area contributed by atoms with Crippen molar-refractivity contribution in [2.45, 2.75) is 182 Å². The van der Waals surface area contributed by atoms with Gasteiger partial charge in [0.15, 0.2) is 0 Å². The van der Waals surface area contributed by atoms with Crippen molar-refractivity contribution in [3.63, 3.8) is 0 Å². The van der Waals surface area contributed by atoms with Crippen LogP contribution in [-0.4, -0.2) is 4.57 Å². The van der Waals surface area contributed by atoms with Crippen molar-refractivity contribution in [3.05, 3.63) is 18.2 Å². The second-order valence-corrected chi connectivity index (χ2v) is 10.6. The highest BCUT2D eigenvalue weighted by Gasteiger charge is 2.16. The van der Waals surface area contributed by atoms with E-state index in [-0.39, 0.29) is 0 Å². The maximum Gasteiger partial charge on any atom is 0.256 e. The summed E-state index contributed by atoms with van der Waals surface area (Å²) in [4.78, 5) is 0. The van der Waals surface area contributed by atoms with E-state index in [2.05, 4.69) is 42.3 Å². The molecule has 0 N–H and O–H groups in total. The zero-order valence-corrected chi connectivity index (χ0v) is 23.2. The molecule has 0 saturated heterocycles. The highest BCUT2D eigenvalue weighted by Crippen LogP contribution is 2.14. The third-order valence-corrected chi connectivity index (χ3v) is 7.35. The van der Waals surface area contributed by atoms with Crippen LogP contribution >= 0.6 is 0 Å². The van der Waals surface area contributed by atoms with Gasteiger partial charge >= 0.3 is 0 Å². The maximum atomic E-state index is 2.59. The third kappa shape index (κ3) is 16.5. The van der Waals surface area contributed by atoms with E-state index in [1.807, 2.05) is 0 Å². The van der Waals surface area contributed by atoms with Crippen LogP contribution in [0.15, 0.2) is 12.4 Å². The Balaban J connectivity index is 2.23. The molecule has 0 amide bonds. The fourth-order valence-corrected chi connectivity index (χ4v) is 5.09. The van der Waals surface area contributed by atoms with Crippen molar-refractivity contribution in [2.75, 3.05) is 0 Å². The second kappa shape index (κ2) is 23.0. The lowest BCUT2D eigenvalue weighted by atomic mass is 10.0. The van der Waals surface area contributed by atoms with Gasteiger partial charge in [-0.1, -0.05) is 130 Å². The lowest BCUT2D eigenvalue weighted by Crippen LogP contribution is -2.37. The summed E-state index contributed by atoms with van der Waals surface area (Å²) in [7, 11) is 0. The summed E-state index contributed by atoms with van der Waals surface area (Å²) in [5.41, 5.74) is 0. The summed E-state index contributed by atoms with van der Waals surface area (Å²) in [6.45, 7) is 9.36. The molecule has 0 radical (unpaired) electrons. The molecule has 0 unspecified atom stereocenters. The fraction of sp³-hybridized carbons (Fsp3) is 0.903. The largest absolute Gasteiger partial charge is 0.256 e. The van der Waals surface area contributed by atoms with E-state index in [0.717, 1.165) is 0 Å². The van der Waals surface area contributed by atoms with Crippen LogP contribution in [0.3, 0.4) is 0 Å². The summed E-state index contributed by atoms with van der Waals surface area (Å²) in [5, 5.41) is 0. The Bertz CT molecular complexity index is 519. The Morgan fingerprint density at radius 2 is 0.939 bits per heavy atom. The van der Waals surface area contributed by atoms with Crippen LogP contribution in [0.5, 0.6) is 0 Å². The number of aryl methyl sites for hydroxylation is 2. The molecule has 1 rings (SSSR count). The molecular weight excluding hydrogens is 400 g/mol. The minimum absolute atomic E-state index is 1.22. The van der Waals surface area contributed by atoms with Crippen molar-refractivity contribution in [1.82, 2.24) is 4.57 Å². The SMILES string of the molecule is CCCCCCCCCCCCCCCc1n(CCCCCC)cc[n+]1CCCCCCC. The molecule has 0 saturated carbocycles. The molecule has 194 valence electrons. The molecule has 1 heterocycles. The lowest BCUT2D eigenvalue weighted by molar-refractivity contribution is -0.704. The molecular formula is C31H61N2+. The van der Waals surface area contributed by atoms with Crippen LogP contribution in [0.25, 0.3) is 0 Å². The van der Waals surface area contributed by atoms with Crippen LogP contribution < -0.4 is 4.57 Å². The van der Waals surface area contributed by atoms with Crippen molar-refractivity contribution in [1.29, 1.82) is 0 Å². The molecule has 2 heteroatoms. The van der Waals surface area contributed by atoms with Crippen LogP contribution in [0.1, 0.15) is 168 Å². The Morgan fingerprint density at radius 3 is 1.45 bits per heavy atom. The molecule has 33 heavy (non-hydrogen) atoms. The minimum Gasteiger partial charge on any atom is -0.234 e. The number of aromatic nitrogens is 2. The number of hydrogen-bond acceptors (Lipinski definition) is 0. The molecule has 0 atom stereocenters. The zero-order chi connectivity index (χ0) is 23.8. The molecule has 1 aromatic heterocycles. The van der Waals surface area contributed by atoms with Gasteiger partial charge in [-0.15, -0.1) is 0 Å². The summed E-state index contributed by atoms with van der Waals surface area (Å²) in [5.74, 6) is 1.60. The normalized spacial score (nSPS) is 11.5. The molecule has 0 bridgehead atoms. The molecule has 0 aromatic carbocycles. The molecule has 2 nitrogen and oxygen atoms in total. The first kappa shape index (κ1) is 30.2. The number of hydrogen-bond donors (Lipinski definition) is 0. The van der Waals surface area contributed by atoms with Gasteiger partial charge in [0.1, 0.15) is 12.4 Å². The minimum atomic E-state index is 1.22. The molecule has 1 aromatic rings. The smallest absolute Gasteiger partial charge is 0.234 e. The standard InChI is InChI=1S/C31H61N2/c1-4-7-10-13-14-15-16-17-18-19-20-21-23-26-31-32(27-24-12-9-6-3)29-30-33(31)28-25-22-11-8-5-2/h29-30H,4-28H2,1-3H3/q+1. The predicted molar refractivity (Wildman–Crippen MR) is 147 cm³/mol. The Labute approximate surface area is 208 Å². The van der Waals surface area contributed by atoms with Gasteiger partial charge in [-0.25, -0.2) is 9.13 Å². The summed E-state index contributed by atoms with van der Waals surface area (Å²) < 4.78 is 5.18. The molecule has 0 aliphatic heterocycles. The fourth-order valence-electron chi connectivity index (χ4n) is 5.09. The lowest BCUT2D eigenvalue weighted by Gasteiger charge is -2.07. The first-order valence-corrected chi connectivity index (χ1v) is 15.4. The van der Waals surface area contributed by atoms with Gasteiger partial charge in [0.25, 0.3) is 5.82 Å². The van der Waals surface area contributed by atoms with E-state index in [1.165, 1.54) is 161 Å². The van der Waals surface area contributed by atoms with Crippen molar-refractivity contribution in [3.8, 4) is 0 Å². The van der Waals surface area contributed by atoms with Gasteiger partial charge in [0.05, 0.1) is 13.1 Å². The van der Waals surface area contributed by atoms with E-state index in [4.69, 9.17) is 0 Å². The third-order valence-electron chi connectivity index (χ3n) is 7.35.